The molecule has 0 amide bonds. The van der Waals surface area contributed by atoms with Crippen LogP contribution in [0.25, 0.3) is 0 Å². The first kappa shape index (κ1) is 8.10. The van der Waals surface area contributed by atoms with E-state index in [2.05, 4.69) is 4.18 Å². The van der Waals surface area contributed by atoms with Crippen molar-refractivity contribution < 1.29 is 17.0 Å². The van der Waals surface area contributed by atoms with Gasteiger partial charge in [0.15, 0.2) is 0 Å². The van der Waals surface area contributed by atoms with Crippen molar-refractivity contribution in [3.05, 3.63) is 0 Å². The molecule has 1 saturated heterocycles. The van der Waals surface area contributed by atoms with Gasteiger partial charge in [-0.2, -0.15) is 4.21 Å². The van der Waals surface area contributed by atoms with Crippen LogP contribution in [0.2, 0.25) is 0 Å². The summed E-state index contributed by atoms with van der Waals surface area (Å²) in [6, 6.07) is 0. The molecule has 0 bridgehead atoms. The molecule has 60 valence electrons. The highest BCUT2D eigenvalue weighted by Crippen LogP contribution is 2.19. The first-order valence-corrected chi connectivity index (χ1v) is 4.10. The van der Waals surface area contributed by atoms with Gasteiger partial charge in [-0.05, 0) is 6.42 Å². The Bertz CT molecular complexity index is 127. The van der Waals surface area contributed by atoms with Crippen molar-refractivity contribution in [3.8, 4) is 0 Å². The lowest BCUT2D eigenvalue weighted by Gasteiger charge is -2.06. The highest BCUT2D eigenvalue weighted by atomic mass is 32.2. The van der Waals surface area contributed by atoms with Gasteiger partial charge in [0.2, 0.25) is 0 Å². The highest BCUT2D eigenvalue weighted by Gasteiger charge is 2.33. The molecule has 3 nitrogen and oxygen atoms in total. The van der Waals surface area contributed by atoms with Crippen LogP contribution in [-0.2, 0) is 19.7 Å². The molecule has 0 spiro atoms. The van der Waals surface area contributed by atoms with Crippen LogP contribution in [-0.4, -0.2) is 23.1 Å². The van der Waals surface area contributed by atoms with Crippen molar-refractivity contribution in [1.82, 2.24) is 0 Å². The van der Waals surface area contributed by atoms with Gasteiger partial charge in [-0.25, -0.2) is 4.39 Å². The minimum absolute atomic E-state index is 0.342. The van der Waals surface area contributed by atoms with Crippen LogP contribution in [0.4, 0.5) is 4.39 Å². The Kier molecular flexibility index (Phi) is 2.76. The lowest BCUT2D eigenvalue weighted by molar-refractivity contribution is 0.124. The number of alkyl halides is 1. The largest absolute Gasteiger partial charge is 0.305 e. The Hall–Kier alpha value is -0.0000000000000000278. The second-order valence-electron chi connectivity index (χ2n) is 2.04. The zero-order chi connectivity index (χ0) is 7.56. The maximum absolute atomic E-state index is 12.0. The predicted octanol–water partition coefficient (Wildman–Crippen LogP) is 0.729. The molecule has 0 aromatic heterocycles. The standard InChI is InChI=1S/C5H9FO3S/c1-2-4-5(3-6)9-10(7)8-4/h4-5H,2-3H2,1H3. The summed E-state index contributed by atoms with van der Waals surface area (Å²) in [6.07, 6.45) is -0.350. The summed E-state index contributed by atoms with van der Waals surface area (Å²) in [4.78, 5) is 0. The predicted molar refractivity (Wildman–Crippen MR) is 34.2 cm³/mol. The normalized spacial score (nSPS) is 40.4. The average molecular weight is 168 g/mol. The molecule has 5 heteroatoms. The molecule has 0 aromatic carbocycles. The summed E-state index contributed by atoms with van der Waals surface area (Å²) in [5.41, 5.74) is 0. The second-order valence-corrected chi connectivity index (χ2v) is 2.83. The first-order chi connectivity index (χ1) is 4.77. The zero-order valence-corrected chi connectivity index (χ0v) is 6.40. The molecule has 1 aliphatic rings. The van der Waals surface area contributed by atoms with Crippen molar-refractivity contribution in [2.24, 2.45) is 0 Å². The highest BCUT2D eigenvalue weighted by molar-refractivity contribution is 7.75. The van der Waals surface area contributed by atoms with Gasteiger partial charge in [0.1, 0.15) is 18.9 Å². The summed E-state index contributed by atoms with van der Waals surface area (Å²) in [5.74, 6) is 0. The molecule has 1 aliphatic heterocycles. The van der Waals surface area contributed by atoms with Crippen molar-refractivity contribution >= 4 is 11.4 Å². The van der Waals surface area contributed by atoms with Crippen molar-refractivity contribution in [1.29, 1.82) is 0 Å². The van der Waals surface area contributed by atoms with Gasteiger partial charge < -0.3 is 0 Å². The van der Waals surface area contributed by atoms with Gasteiger partial charge in [0.05, 0.1) is 0 Å². The number of hydrogen-bond acceptors (Lipinski definition) is 3. The summed E-state index contributed by atoms with van der Waals surface area (Å²) >= 11 is -1.72. The fraction of sp³-hybridized carbons (Fsp3) is 1.00. The van der Waals surface area contributed by atoms with Gasteiger partial charge in [0, 0.05) is 0 Å². The minimum Gasteiger partial charge on any atom is -0.262 e. The molecule has 0 saturated carbocycles. The average Bonchev–Trinajstić information content (AvgIpc) is 2.30. The van der Waals surface area contributed by atoms with Crippen LogP contribution in [0, 0.1) is 0 Å². The molecule has 1 fully saturated rings. The van der Waals surface area contributed by atoms with Gasteiger partial charge in [-0.3, -0.25) is 8.37 Å². The number of halogens is 1. The lowest BCUT2D eigenvalue weighted by Crippen LogP contribution is -2.23. The molecule has 3 unspecified atom stereocenters. The molecule has 1 rings (SSSR count). The molecular weight excluding hydrogens is 159 g/mol. The van der Waals surface area contributed by atoms with Crippen molar-refractivity contribution in [3.63, 3.8) is 0 Å². The van der Waals surface area contributed by atoms with E-state index in [0.29, 0.717) is 6.42 Å². The van der Waals surface area contributed by atoms with Crippen molar-refractivity contribution in [2.75, 3.05) is 6.67 Å². The maximum atomic E-state index is 12.0. The Morgan fingerprint density at radius 3 is 2.50 bits per heavy atom. The molecule has 1 heterocycles. The maximum Gasteiger partial charge on any atom is 0.305 e. The molecular formula is C5H9FO3S. The molecule has 3 atom stereocenters. The van der Waals surface area contributed by atoms with Crippen molar-refractivity contribution in [2.45, 2.75) is 25.6 Å². The third-order valence-corrected chi connectivity index (χ3v) is 2.18. The molecule has 10 heavy (non-hydrogen) atoms. The van der Waals surface area contributed by atoms with E-state index in [1.165, 1.54) is 0 Å². The van der Waals surface area contributed by atoms with Crippen LogP contribution in [0.1, 0.15) is 13.3 Å². The third-order valence-electron chi connectivity index (χ3n) is 1.37. The fourth-order valence-electron chi connectivity index (χ4n) is 0.804. The lowest BCUT2D eigenvalue weighted by atomic mass is 10.2. The van der Waals surface area contributed by atoms with Gasteiger partial charge in [-0.1, -0.05) is 6.92 Å². The minimum atomic E-state index is -1.72. The van der Waals surface area contributed by atoms with E-state index in [0.717, 1.165) is 0 Å². The number of hydrogen-bond donors (Lipinski definition) is 0. The molecule has 0 aromatic rings. The SMILES string of the molecule is CCC1OS(=O)OC1CF. The van der Waals surface area contributed by atoms with E-state index in [4.69, 9.17) is 4.18 Å². The first-order valence-electron chi connectivity index (χ1n) is 3.10. The van der Waals surface area contributed by atoms with Gasteiger partial charge >= 0.3 is 11.4 Å². The molecule has 0 N–H and O–H groups in total. The van der Waals surface area contributed by atoms with Crippen LogP contribution in [0.15, 0.2) is 0 Å². The summed E-state index contributed by atoms with van der Waals surface area (Å²) in [5, 5.41) is 0. The van der Waals surface area contributed by atoms with Gasteiger partial charge in [-0.15, -0.1) is 0 Å². The van der Waals surface area contributed by atoms with E-state index in [-0.39, 0.29) is 6.10 Å². The number of rotatable bonds is 2. The van der Waals surface area contributed by atoms with Crippen LogP contribution in [0.3, 0.4) is 0 Å². The van der Waals surface area contributed by atoms with Gasteiger partial charge in [0.25, 0.3) is 0 Å². The van der Waals surface area contributed by atoms with E-state index in [1.54, 1.807) is 0 Å². The Balaban J connectivity index is 2.48. The molecule has 0 radical (unpaired) electrons. The van der Waals surface area contributed by atoms with Crippen LogP contribution in [0.5, 0.6) is 0 Å². The topological polar surface area (TPSA) is 35.5 Å². The van der Waals surface area contributed by atoms with Crippen LogP contribution < -0.4 is 0 Å². The Morgan fingerprint density at radius 1 is 1.50 bits per heavy atom. The fourth-order valence-corrected chi connectivity index (χ4v) is 1.69. The summed E-state index contributed by atoms with van der Waals surface area (Å²) in [6.45, 7) is 1.20. The third kappa shape index (κ3) is 1.53. The van der Waals surface area contributed by atoms with E-state index in [9.17, 15) is 8.60 Å². The zero-order valence-electron chi connectivity index (χ0n) is 5.58. The Labute approximate surface area is 61.4 Å². The summed E-state index contributed by atoms with van der Waals surface area (Å²) < 4.78 is 31.8. The van der Waals surface area contributed by atoms with Crippen LogP contribution >= 0.6 is 0 Å². The smallest absolute Gasteiger partial charge is 0.262 e. The second kappa shape index (κ2) is 3.41. The van der Waals surface area contributed by atoms with E-state index < -0.39 is 24.1 Å². The van der Waals surface area contributed by atoms with E-state index >= 15 is 0 Å². The summed E-state index contributed by atoms with van der Waals surface area (Å²) in [7, 11) is 0. The monoisotopic (exact) mass is 168 g/mol. The van der Waals surface area contributed by atoms with E-state index in [1.807, 2.05) is 6.92 Å². The molecule has 0 aliphatic carbocycles. The Morgan fingerprint density at radius 2 is 2.10 bits per heavy atom. The quantitative estimate of drug-likeness (QED) is 0.609.